The lowest BCUT2D eigenvalue weighted by Crippen LogP contribution is -2.19. The maximum atomic E-state index is 13.1. The number of fused-ring (bicyclic) bond motifs is 1. The van der Waals surface area contributed by atoms with Crippen LogP contribution in [0.15, 0.2) is 62.6 Å². The largest absolute Gasteiger partial charge is 0.508 e. The van der Waals surface area contributed by atoms with Crippen molar-refractivity contribution in [3.8, 4) is 11.5 Å². The van der Waals surface area contributed by atoms with Crippen LogP contribution in [-0.2, 0) is 22.9 Å². The molecule has 1 atom stereocenters. The normalized spacial score (nSPS) is 17.1. The van der Waals surface area contributed by atoms with E-state index < -0.39 is 15.6 Å². The Hall–Kier alpha value is -3.26. The molecule has 1 aromatic heterocycles. The number of phenols is 1. The highest BCUT2D eigenvalue weighted by Gasteiger charge is 2.38. The lowest BCUT2D eigenvalue weighted by molar-refractivity contribution is 0.382. The second-order valence-corrected chi connectivity index (χ2v) is 11.2. The number of anilines is 1. The van der Waals surface area contributed by atoms with E-state index in [4.69, 9.17) is 4.42 Å². The predicted molar refractivity (Wildman–Crippen MR) is 132 cm³/mol. The number of benzene rings is 2. The Kier molecular flexibility index (Phi) is 6.32. The lowest BCUT2D eigenvalue weighted by Gasteiger charge is -2.22. The van der Waals surface area contributed by atoms with Crippen molar-refractivity contribution in [2.75, 3.05) is 4.72 Å². The summed E-state index contributed by atoms with van der Waals surface area (Å²) in [6.07, 6.45) is 7.23. The fourth-order valence-corrected chi connectivity index (χ4v) is 6.08. The van der Waals surface area contributed by atoms with E-state index in [-0.39, 0.29) is 33.8 Å². The summed E-state index contributed by atoms with van der Waals surface area (Å²) in [5.41, 5.74) is 1.64. The predicted octanol–water partition coefficient (Wildman–Crippen LogP) is 5.05. The van der Waals surface area contributed by atoms with Gasteiger partial charge in [-0.1, -0.05) is 25.0 Å². The van der Waals surface area contributed by atoms with E-state index >= 15 is 0 Å². The summed E-state index contributed by atoms with van der Waals surface area (Å²) in [6.45, 7) is 0. The quantitative estimate of drug-likeness (QED) is 0.440. The average molecular weight is 496 g/mol. The van der Waals surface area contributed by atoms with Crippen molar-refractivity contribution in [3.63, 3.8) is 0 Å². The summed E-state index contributed by atoms with van der Waals surface area (Å²) in [7, 11) is -3.87. The van der Waals surface area contributed by atoms with Crippen molar-refractivity contribution in [2.24, 2.45) is 5.92 Å². The molecule has 0 saturated heterocycles. The number of aryl methyl sites for hydroxylation is 1. The zero-order valence-corrected chi connectivity index (χ0v) is 20.2. The third kappa shape index (κ3) is 4.93. The molecule has 7 nitrogen and oxygen atoms in total. The van der Waals surface area contributed by atoms with Crippen molar-refractivity contribution in [2.45, 2.75) is 62.2 Å². The molecule has 0 bridgehead atoms. The van der Waals surface area contributed by atoms with Gasteiger partial charge in [0.2, 0.25) is 0 Å². The van der Waals surface area contributed by atoms with Gasteiger partial charge in [-0.25, -0.2) is 13.2 Å². The number of hydrogen-bond donors (Lipinski definition) is 3. The average Bonchev–Trinajstić information content (AvgIpc) is 3.63. The molecule has 3 aromatic rings. The second-order valence-electron chi connectivity index (χ2n) is 9.51. The highest BCUT2D eigenvalue weighted by molar-refractivity contribution is 7.92. The molecular formula is C27H29NO6S. The summed E-state index contributed by atoms with van der Waals surface area (Å²) < 4.78 is 34.0. The molecule has 2 aliphatic carbocycles. The SMILES string of the molecule is O=c1oc2c(c(O)c1C(c1cccc(NS(=O)(=O)c3ccc(O)cc3)c1)C1CC1)CCCCCC2. The Morgan fingerprint density at radius 1 is 0.943 bits per heavy atom. The van der Waals surface area contributed by atoms with E-state index in [9.17, 15) is 23.4 Å². The van der Waals surface area contributed by atoms with Gasteiger partial charge in [0.15, 0.2) is 0 Å². The molecule has 3 N–H and O–H groups in total. The maximum absolute atomic E-state index is 13.1. The Morgan fingerprint density at radius 3 is 2.37 bits per heavy atom. The minimum absolute atomic E-state index is 0.0202. The number of aromatic hydroxyl groups is 2. The first-order chi connectivity index (χ1) is 16.8. The standard InChI is InChI=1S/C27H29NO6S/c29-20-12-14-21(15-13-20)35(32,33)28-19-7-5-6-18(16-19)24(17-10-11-17)25-26(30)22-8-3-1-2-4-9-23(22)34-27(25)31/h5-7,12-17,24,28-30H,1-4,8-11H2. The van der Waals surface area contributed by atoms with E-state index in [0.29, 0.717) is 24.3 Å². The first-order valence-electron chi connectivity index (χ1n) is 12.1. The van der Waals surface area contributed by atoms with Crippen LogP contribution in [0.25, 0.3) is 0 Å². The van der Waals surface area contributed by atoms with Crippen molar-refractivity contribution < 1.29 is 23.0 Å². The molecule has 2 aliphatic rings. The Morgan fingerprint density at radius 2 is 1.66 bits per heavy atom. The van der Waals surface area contributed by atoms with Crippen LogP contribution in [0.3, 0.4) is 0 Å². The van der Waals surface area contributed by atoms with Crippen LogP contribution in [0.4, 0.5) is 5.69 Å². The molecule has 1 unspecified atom stereocenters. The van der Waals surface area contributed by atoms with Crippen LogP contribution < -0.4 is 10.3 Å². The van der Waals surface area contributed by atoms with Crippen LogP contribution in [0.2, 0.25) is 0 Å². The number of hydrogen-bond acceptors (Lipinski definition) is 6. The molecule has 8 heteroatoms. The topological polar surface area (TPSA) is 117 Å². The molecule has 35 heavy (non-hydrogen) atoms. The molecule has 1 saturated carbocycles. The Balaban J connectivity index is 1.52. The fourth-order valence-electron chi connectivity index (χ4n) is 5.03. The molecule has 184 valence electrons. The fraction of sp³-hybridized carbons (Fsp3) is 0.370. The van der Waals surface area contributed by atoms with Crippen molar-refractivity contribution in [3.05, 3.63) is 81.4 Å². The highest BCUT2D eigenvalue weighted by atomic mass is 32.2. The zero-order valence-electron chi connectivity index (χ0n) is 19.4. The molecular weight excluding hydrogens is 466 g/mol. The van der Waals surface area contributed by atoms with E-state index in [1.54, 1.807) is 18.2 Å². The van der Waals surface area contributed by atoms with Crippen LogP contribution in [-0.4, -0.2) is 18.6 Å². The van der Waals surface area contributed by atoms with Gasteiger partial charge < -0.3 is 14.6 Å². The number of nitrogens with one attached hydrogen (secondary N) is 1. The minimum atomic E-state index is -3.87. The van der Waals surface area contributed by atoms with Crippen LogP contribution in [0.1, 0.15) is 66.9 Å². The van der Waals surface area contributed by atoms with Gasteiger partial charge in [-0.15, -0.1) is 0 Å². The monoisotopic (exact) mass is 495 g/mol. The number of sulfonamides is 1. The van der Waals surface area contributed by atoms with Crippen LogP contribution >= 0.6 is 0 Å². The van der Waals surface area contributed by atoms with Gasteiger partial charge in [-0.05, 0) is 80.0 Å². The summed E-state index contributed by atoms with van der Waals surface area (Å²) in [5.74, 6) is 0.429. The van der Waals surface area contributed by atoms with Gasteiger partial charge in [0.1, 0.15) is 17.3 Å². The van der Waals surface area contributed by atoms with Crippen molar-refractivity contribution >= 4 is 15.7 Å². The molecule has 5 rings (SSSR count). The van der Waals surface area contributed by atoms with E-state index in [1.165, 1.54) is 24.3 Å². The second kappa shape index (κ2) is 9.41. The summed E-state index contributed by atoms with van der Waals surface area (Å²) in [5, 5.41) is 20.7. The first kappa shape index (κ1) is 23.5. The number of rotatable bonds is 6. The third-order valence-electron chi connectivity index (χ3n) is 6.94. The van der Waals surface area contributed by atoms with Gasteiger partial charge in [0.05, 0.1) is 10.5 Å². The molecule has 2 aromatic carbocycles. The van der Waals surface area contributed by atoms with Gasteiger partial charge in [0.25, 0.3) is 10.0 Å². The lowest BCUT2D eigenvalue weighted by atomic mass is 9.85. The highest BCUT2D eigenvalue weighted by Crippen LogP contribution is 2.49. The van der Waals surface area contributed by atoms with E-state index in [1.807, 2.05) is 6.07 Å². The summed E-state index contributed by atoms with van der Waals surface area (Å²) >= 11 is 0. The molecule has 1 heterocycles. The molecule has 1 fully saturated rings. The van der Waals surface area contributed by atoms with Gasteiger partial charge >= 0.3 is 5.63 Å². The van der Waals surface area contributed by atoms with E-state index in [2.05, 4.69) is 4.72 Å². The minimum Gasteiger partial charge on any atom is -0.508 e. The van der Waals surface area contributed by atoms with Gasteiger partial charge in [-0.2, -0.15) is 0 Å². The summed E-state index contributed by atoms with van der Waals surface area (Å²) in [6, 6.07) is 12.3. The van der Waals surface area contributed by atoms with Gasteiger partial charge in [-0.3, -0.25) is 4.72 Å². The molecule has 0 radical (unpaired) electrons. The van der Waals surface area contributed by atoms with Crippen LogP contribution in [0.5, 0.6) is 11.5 Å². The van der Waals surface area contributed by atoms with E-state index in [0.717, 1.165) is 49.7 Å². The Bertz CT molecular complexity index is 1390. The molecule has 0 aliphatic heterocycles. The molecule has 0 spiro atoms. The smallest absolute Gasteiger partial charge is 0.343 e. The summed E-state index contributed by atoms with van der Waals surface area (Å²) in [4.78, 5) is 13.2. The third-order valence-corrected chi connectivity index (χ3v) is 8.34. The van der Waals surface area contributed by atoms with Crippen molar-refractivity contribution in [1.82, 2.24) is 0 Å². The first-order valence-corrected chi connectivity index (χ1v) is 13.6. The van der Waals surface area contributed by atoms with Crippen LogP contribution in [0, 0.1) is 5.92 Å². The Labute approximate surface area is 204 Å². The molecule has 0 amide bonds. The van der Waals surface area contributed by atoms with Gasteiger partial charge in [0, 0.05) is 23.6 Å². The maximum Gasteiger partial charge on any atom is 0.343 e. The zero-order chi connectivity index (χ0) is 24.6. The number of phenolic OH excluding ortho intramolecular Hbond substituents is 1. The van der Waals surface area contributed by atoms with Crippen molar-refractivity contribution in [1.29, 1.82) is 0 Å².